The number of rotatable bonds is 2. The van der Waals surface area contributed by atoms with E-state index in [0.29, 0.717) is 29.0 Å². The number of hydrogen-bond donors (Lipinski definition) is 2. The highest BCUT2D eigenvalue weighted by molar-refractivity contribution is 5.95. The van der Waals surface area contributed by atoms with Crippen LogP contribution in [0.25, 0.3) is 22.5 Å². The fourth-order valence-corrected chi connectivity index (χ4v) is 3.07. The maximum Gasteiger partial charge on any atom is 0.261 e. The Bertz CT molecular complexity index is 815. The van der Waals surface area contributed by atoms with E-state index in [1.165, 1.54) is 6.42 Å². The summed E-state index contributed by atoms with van der Waals surface area (Å²) in [6.07, 6.45) is 6.12. The molecule has 0 radical (unpaired) electrons. The lowest BCUT2D eigenvalue weighted by atomic mass is 10.1. The SMILES string of the molecule is Cc1noc(-c2cnc3c(ccn3[C@@H]3CCCNC3)c2N)n1. The highest BCUT2D eigenvalue weighted by Gasteiger charge is 2.20. The largest absolute Gasteiger partial charge is 0.397 e. The Labute approximate surface area is 127 Å². The molecule has 3 aromatic rings. The summed E-state index contributed by atoms with van der Waals surface area (Å²) in [6, 6.07) is 2.44. The molecule has 22 heavy (non-hydrogen) atoms. The first-order valence-electron chi connectivity index (χ1n) is 7.50. The monoisotopic (exact) mass is 298 g/mol. The van der Waals surface area contributed by atoms with Gasteiger partial charge in [0.2, 0.25) is 0 Å². The lowest BCUT2D eigenvalue weighted by Crippen LogP contribution is -2.31. The Kier molecular flexibility index (Phi) is 3.07. The highest BCUT2D eigenvalue weighted by atomic mass is 16.5. The number of fused-ring (bicyclic) bond motifs is 1. The van der Waals surface area contributed by atoms with E-state index in [0.717, 1.165) is 30.5 Å². The first-order chi connectivity index (χ1) is 10.7. The van der Waals surface area contributed by atoms with E-state index in [2.05, 4.69) is 31.2 Å². The molecule has 0 spiro atoms. The zero-order chi connectivity index (χ0) is 15.1. The van der Waals surface area contributed by atoms with Gasteiger partial charge in [-0.1, -0.05) is 5.16 Å². The van der Waals surface area contributed by atoms with Crippen molar-refractivity contribution in [3.05, 3.63) is 24.3 Å². The van der Waals surface area contributed by atoms with Gasteiger partial charge in [0, 0.05) is 30.4 Å². The van der Waals surface area contributed by atoms with Gasteiger partial charge in [0.15, 0.2) is 5.82 Å². The van der Waals surface area contributed by atoms with Gasteiger partial charge in [0.1, 0.15) is 5.65 Å². The lowest BCUT2D eigenvalue weighted by molar-refractivity contribution is 0.378. The molecule has 0 aromatic carbocycles. The molecule has 1 saturated heterocycles. The molecule has 0 unspecified atom stereocenters. The first kappa shape index (κ1) is 13.3. The number of nitrogens with two attached hydrogens (primary N) is 1. The van der Waals surface area contributed by atoms with Crippen LogP contribution in [0.4, 0.5) is 5.69 Å². The van der Waals surface area contributed by atoms with Gasteiger partial charge in [-0.25, -0.2) is 4.98 Å². The van der Waals surface area contributed by atoms with Crippen molar-refractivity contribution in [1.29, 1.82) is 0 Å². The van der Waals surface area contributed by atoms with Crippen molar-refractivity contribution in [2.75, 3.05) is 18.8 Å². The Hall–Kier alpha value is -2.41. The van der Waals surface area contributed by atoms with Crippen LogP contribution in [0.3, 0.4) is 0 Å². The third-order valence-corrected chi connectivity index (χ3v) is 4.21. The van der Waals surface area contributed by atoms with Crippen molar-refractivity contribution in [1.82, 2.24) is 25.0 Å². The normalized spacial score (nSPS) is 18.9. The van der Waals surface area contributed by atoms with E-state index in [-0.39, 0.29) is 0 Å². The fourth-order valence-electron chi connectivity index (χ4n) is 3.07. The van der Waals surface area contributed by atoms with Crippen molar-refractivity contribution in [3.8, 4) is 11.5 Å². The second kappa shape index (κ2) is 5.10. The zero-order valence-electron chi connectivity index (χ0n) is 12.4. The molecule has 4 heterocycles. The molecular formula is C15H18N6O. The summed E-state index contributed by atoms with van der Waals surface area (Å²) >= 11 is 0. The van der Waals surface area contributed by atoms with Gasteiger partial charge in [0.05, 0.1) is 11.3 Å². The van der Waals surface area contributed by atoms with Crippen LogP contribution in [0.2, 0.25) is 0 Å². The molecule has 0 amide bonds. The van der Waals surface area contributed by atoms with E-state index in [9.17, 15) is 0 Å². The third-order valence-electron chi connectivity index (χ3n) is 4.21. The molecule has 3 N–H and O–H groups in total. The Morgan fingerprint density at radius 3 is 3.09 bits per heavy atom. The van der Waals surface area contributed by atoms with Gasteiger partial charge in [-0.3, -0.25) is 0 Å². The zero-order valence-corrected chi connectivity index (χ0v) is 12.4. The molecular weight excluding hydrogens is 280 g/mol. The van der Waals surface area contributed by atoms with Gasteiger partial charge in [0.25, 0.3) is 5.89 Å². The lowest BCUT2D eigenvalue weighted by Gasteiger charge is -2.24. The molecule has 0 saturated carbocycles. The van der Waals surface area contributed by atoms with Crippen LogP contribution < -0.4 is 11.1 Å². The second-order valence-corrected chi connectivity index (χ2v) is 5.69. The molecule has 3 aromatic heterocycles. The molecule has 114 valence electrons. The van der Waals surface area contributed by atoms with E-state index in [4.69, 9.17) is 10.3 Å². The highest BCUT2D eigenvalue weighted by Crippen LogP contribution is 2.32. The van der Waals surface area contributed by atoms with E-state index in [1.807, 2.05) is 6.07 Å². The smallest absolute Gasteiger partial charge is 0.261 e. The number of nitrogens with one attached hydrogen (secondary N) is 1. The van der Waals surface area contributed by atoms with Crippen molar-refractivity contribution in [2.24, 2.45) is 0 Å². The summed E-state index contributed by atoms with van der Waals surface area (Å²) in [5.74, 6) is 0.997. The molecule has 0 bridgehead atoms. The topological polar surface area (TPSA) is 94.8 Å². The Balaban J connectivity index is 1.80. The molecule has 7 nitrogen and oxygen atoms in total. The van der Waals surface area contributed by atoms with Gasteiger partial charge in [-0.2, -0.15) is 4.98 Å². The number of anilines is 1. The van der Waals surface area contributed by atoms with E-state index in [1.54, 1.807) is 13.1 Å². The summed E-state index contributed by atoms with van der Waals surface area (Å²) in [6.45, 7) is 3.84. The van der Waals surface area contributed by atoms with Gasteiger partial charge < -0.3 is 20.1 Å². The van der Waals surface area contributed by atoms with Crippen LogP contribution >= 0.6 is 0 Å². The predicted molar refractivity (Wildman–Crippen MR) is 83.3 cm³/mol. The number of aromatic nitrogens is 4. The van der Waals surface area contributed by atoms with Crippen molar-refractivity contribution < 1.29 is 4.52 Å². The van der Waals surface area contributed by atoms with Crippen LogP contribution in [0.5, 0.6) is 0 Å². The second-order valence-electron chi connectivity index (χ2n) is 5.69. The fraction of sp³-hybridized carbons (Fsp3) is 0.400. The number of hydrogen-bond acceptors (Lipinski definition) is 6. The number of aryl methyl sites for hydroxylation is 1. The Morgan fingerprint density at radius 1 is 1.45 bits per heavy atom. The molecule has 7 heteroatoms. The molecule has 1 fully saturated rings. The summed E-state index contributed by atoms with van der Waals surface area (Å²) < 4.78 is 7.41. The summed E-state index contributed by atoms with van der Waals surface area (Å²) in [5.41, 5.74) is 8.54. The molecule has 1 aliphatic heterocycles. The number of piperidine rings is 1. The minimum absolute atomic E-state index is 0.413. The van der Waals surface area contributed by atoms with Crippen molar-refractivity contribution >= 4 is 16.7 Å². The van der Waals surface area contributed by atoms with Crippen LogP contribution in [-0.4, -0.2) is 32.8 Å². The minimum atomic E-state index is 0.413. The van der Waals surface area contributed by atoms with Crippen LogP contribution in [0.1, 0.15) is 24.7 Å². The summed E-state index contributed by atoms with van der Waals surface area (Å²) in [4.78, 5) is 8.82. The quantitative estimate of drug-likeness (QED) is 0.750. The van der Waals surface area contributed by atoms with Crippen LogP contribution in [0, 0.1) is 6.92 Å². The first-order valence-corrected chi connectivity index (χ1v) is 7.50. The summed E-state index contributed by atoms with van der Waals surface area (Å²) in [7, 11) is 0. The Morgan fingerprint density at radius 2 is 2.36 bits per heavy atom. The van der Waals surface area contributed by atoms with Crippen LogP contribution in [-0.2, 0) is 0 Å². The van der Waals surface area contributed by atoms with E-state index >= 15 is 0 Å². The molecule has 1 aliphatic rings. The minimum Gasteiger partial charge on any atom is -0.397 e. The standard InChI is InChI=1S/C15H18N6O/c1-9-19-15(22-20-9)12-8-18-14-11(13(12)16)4-6-21(14)10-3-2-5-17-7-10/h4,6,8,10,17H,2-3,5,7H2,1H3,(H2,16,18)/t10-/m1/s1. The van der Waals surface area contributed by atoms with Gasteiger partial charge in [-0.15, -0.1) is 0 Å². The maximum absolute atomic E-state index is 6.31. The molecule has 1 atom stereocenters. The average Bonchev–Trinajstić information content (AvgIpc) is 3.15. The number of nitrogen functional groups attached to an aromatic ring is 1. The molecule has 4 rings (SSSR count). The third kappa shape index (κ3) is 2.05. The number of nitrogens with zero attached hydrogens (tertiary/aromatic N) is 4. The van der Waals surface area contributed by atoms with Gasteiger partial charge >= 0.3 is 0 Å². The summed E-state index contributed by atoms with van der Waals surface area (Å²) in [5, 5.41) is 8.17. The van der Waals surface area contributed by atoms with Crippen molar-refractivity contribution in [3.63, 3.8) is 0 Å². The number of pyridine rings is 1. The van der Waals surface area contributed by atoms with Crippen LogP contribution in [0.15, 0.2) is 23.0 Å². The average molecular weight is 298 g/mol. The van der Waals surface area contributed by atoms with Crippen molar-refractivity contribution in [2.45, 2.75) is 25.8 Å². The molecule has 0 aliphatic carbocycles. The van der Waals surface area contributed by atoms with Gasteiger partial charge in [-0.05, 0) is 32.4 Å². The predicted octanol–water partition coefficient (Wildman–Crippen LogP) is 1.90. The van der Waals surface area contributed by atoms with E-state index < -0.39 is 0 Å². The maximum atomic E-state index is 6.31.